The molecule has 0 spiro atoms. The van der Waals surface area contributed by atoms with Crippen molar-refractivity contribution in [2.75, 3.05) is 0 Å². The molecule has 0 radical (unpaired) electrons. The van der Waals surface area contributed by atoms with Gasteiger partial charge >= 0.3 is 10.1 Å². The Morgan fingerprint density at radius 1 is 1.12 bits per heavy atom. The third-order valence-corrected chi connectivity index (χ3v) is 6.32. The minimum absolute atomic E-state index is 0.0102. The molecule has 0 aliphatic carbocycles. The summed E-state index contributed by atoms with van der Waals surface area (Å²) in [7, 11) is -4.13. The fraction of sp³-hybridized carbons (Fsp3) is 0. The standard InChI is InChI=1S/C16H9Cl2NO4S3/c17-10-3-6-12(18)14(8-10)26(21,22)23-11-4-1-9(2-5-11)7-13-15(20)19-16(24)25-13/h1-8H,(H,19,20,24)/b13-7+. The summed E-state index contributed by atoms with van der Waals surface area (Å²) < 4.78 is 30.2. The second-order valence-corrected chi connectivity index (χ2v) is 9.11. The van der Waals surface area contributed by atoms with Crippen LogP contribution in [-0.4, -0.2) is 18.6 Å². The van der Waals surface area contributed by atoms with Crippen LogP contribution in [0.15, 0.2) is 52.3 Å². The van der Waals surface area contributed by atoms with E-state index in [1.54, 1.807) is 18.2 Å². The maximum Gasteiger partial charge on any atom is 0.340 e. The average Bonchev–Trinajstić information content (AvgIpc) is 2.88. The number of benzene rings is 2. The molecule has 134 valence electrons. The molecule has 0 saturated carbocycles. The molecule has 1 N–H and O–H groups in total. The predicted molar refractivity (Wildman–Crippen MR) is 107 cm³/mol. The summed E-state index contributed by atoms with van der Waals surface area (Å²) in [6.45, 7) is 0. The minimum Gasteiger partial charge on any atom is -0.379 e. The fourth-order valence-electron chi connectivity index (χ4n) is 2.03. The van der Waals surface area contributed by atoms with E-state index < -0.39 is 10.1 Å². The van der Waals surface area contributed by atoms with Crippen LogP contribution in [0.1, 0.15) is 5.56 Å². The molecular weight excluding hydrogens is 437 g/mol. The van der Waals surface area contributed by atoms with Crippen LogP contribution >= 0.6 is 47.2 Å². The maximum absolute atomic E-state index is 12.4. The predicted octanol–water partition coefficient (Wildman–Crippen LogP) is 4.25. The van der Waals surface area contributed by atoms with Crippen LogP contribution in [0.4, 0.5) is 0 Å². The quantitative estimate of drug-likeness (QED) is 0.430. The third-order valence-electron chi connectivity index (χ3n) is 3.19. The monoisotopic (exact) mass is 445 g/mol. The van der Waals surface area contributed by atoms with E-state index in [-0.39, 0.29) is 26.6 Å². The lowest BCUT2D eigenvalue weighted by atomic mass is 10.2. The Labute approximate surface area is 169 Å². The Morgan fingerprint density at radius 3 is 2.42 bits per heavy atom. The van der Waals surface area contributed by atoms with Gasteiger partial charge in [0.2, 0.25) is 0 Å². The molecule has 26 heavy (non-hydrogen) atoms. The van der Waals surface area contributed by atoms with Crippen molar-refractivity contribution in [3.05, 3.63) is 63.0 Å². The van der Waals surface area contributed by atoms with Crippen molar-refractivity contribution < 1.29 is 17.4 Å². The zero-order valence-electron chi connectivity index (χ0n) is 12.7. The number of carbonyl (C=O) groups excluding carboxylic acids is 1. The van der Waals surface area contributed by atoms with Crippen molar-refractivity contribution in [1.82, 2.24) is 5.32 Å². The Bertz CT molecular complexity index is 1030. The zero-order chi connectivity index (χ0) is 18.9. The first-order valence-corrected chi connectivity index (χ1v) is 10.4. The van der Waals surface area contributed by atoms with Gasteiger partial charge in [-0.1, -0.05) is 59.3 Å². The molecule has 1 fully saturated rings. The third kappa shape index (κ3) is 4.39. The molecule has 5 nitrogen and oxygen atoms in total. The molecule has 0 aromatic heterocycles. The Hall–Kier alpha value is -1.58. The summed E-state index contributed by atoms with van der Waals surface area (Å²) in [5.41, 5.74) is 0.692. The first-order valence-electron chi connectivity index (χ1n) is 6.99. The number of rotatable bonds is 4. The van der Waals surface area contributed by atoms with Gasteiger partial charge in [-0.2, -0.15) is 8.42 Å². The lowest BCUT2D eigenvalue weighted by Gasteiger charge is -2.09. The Morgan fingerprint density at radius 2 is 1.81 bits per heavy atom. The van der Waals surface area contributed by atoms with Crippen molar-refractivity contribution in [3.8, 4) is 5.75 Å². The molecule has 10 heteroatoms. The van der Waals surface area contributed by atoms with Gasteiger partial charge in [0.05, 0.1) is 9.93 Å². The highest BCUT2D eigenvalue weighted by atomic mass is 35.5. The van der Waals surface area contributed by atoms with E-state index in [0.717, 1.165) is 11.8 Å². The van der Waals surface area contributed by atoms with Gasteiger partial charge in [-0.25, -0.2) is 0 Å². The number of halogens is 2. The van der Waals surface area contributed by atoms with Crippen molar-refractivity contribution in [1.29, 1.82) is 0 Å². The normalized spacial score (nSPS) is 16.0. The minimum atomic E-state index is -4.13. The molecule has 1 saturated heterocycles. The van der Waals surface area contributed by atoms with Crippen molar-refractivity contribution in [2.45, 2.75) is 4.90 Å². The van der Waals surface area contributed by atoms with Crippen LogP contribution in [0, 0.1) is 0 Å². The SMILES string of the molecule is O=C1NC(=S)S/C1=C/c1ccc(OS(=O)(=O)c2cc(Cl)ccc2Cl)cc1. The fourth-order valence-corrected chi connectivity index (χ4v) is 4.75. The number of thiocarbonyl (C=S) groups is 1. The second-order valence-electron chi connectivity index (χ2n) is 5.03. The first-order chi connectivity index (χ1) is 12.2. The second kappa shape index (κ2) is 7.58. The van der Waals surface area contributed by atoms with Gasteiger partial charge in [0, 0.05) is 5.02 Å². The summed E-state index contributed by atoms with van der Waals surface area (Å²) in [6, 6.07) is 10.3. The first kappa shape index (κ1) is 19.2. The van der Waals surface area contributed by atoms with Gasteiger partial charge in [-0.3, -0.25) is 4.79 Å². The lowest BCUT2D eigenvalue weighted by molar-refractivity contribution is -0.115. The summed E-state index contributed by atoms with van der Waals surface area (Å²) in [4.78, 5) is 11.9. The van der Waals surface area contributed by atoms with E-state index in [4.69, 9.17) is 39.6 Å². The number of thioether (sulfide) groups is 1. The topological polar surface area (TPSA) is 72.5 Å². The molecule has 1 aliphatic rings. The molecule has 1 amide bonds. The van der Waals surface area contributed by atoms with Gasteiger partial charge in [-0.15, -0.1) is 0 Å². The van der Waals surface area contributed by atoms with E-state index in [9.17, 15) is 13.2 Å². The molecule has 2 aromatic rings. The molecule has 1 aliphatic heterocycles. The molecule has 0 bridgehead atoms. The van der Waals surface area contributed by atoms with Gasteiger partial charge in [0.1, 0.15) is 15.0 Å². The summed E-state index contributed by atoms with van der Waals surface area (Å²) in [5, 5.41) is 2.75. The Kier molecular flexibility index (Phi) is 5.59. The van der Waals surface area contributed by atoms with Gasteiger partial charge in [0.25, 0.3) is 5.91 Å². The number of hydrogen-bond donors (Lipinski definition) is 1. The van der Waals surface area contributed by atoms with Crippen LogP contribution in [0.3, 0.4) is 0 Å². The molecule has 0 atom stereocenters. The number of amides is 1. The highest BCUT2D eigenvalue weighted by Gasteiger charge is 2.23. The highest BCUT2D eigenvalue weighted by Crippen LogP contribution is 2.29. The molecule has 0 unspecified atom stereocenters. The summed E-state index contributed by atoms with van der Waals surface area (Å²) >= 11 is 17.8. The van der Waals surface area contributed by atoms with E-state index in [1.807, 2.05) is 0 Å². The van der Waals surface area contributed by atoms with Crippen molar-refractivity contribution >= 4 is 73.6 Å². The van der Waals surface area contributed by atoms with Gasteiger partial charge < -0.3 is 9.50 Å². The lowest BCUT2D eigenvalue weighted by Crippen LogP contribution is -2.17. The van der Waals surface area contributed by atoms with E-state index >= 15 is 0 Å². The largest absolute Gasteiger partial charge is 0.379 e. The average molecular weight is 446 g/mol. The molecule has 3 rings (SSSR count). The molecule has 1 heterocycles. The van der Waals surface area contributed by atoms with Gasteiger partial charge in [0.15, 0.2) is 0 Å². The van der Waals surface area contributed by atoms with Crippen LogP contribution in [-0.2, 0) is 14.9 Å². The van der Waals surface area contributed by atoms with Crippen LogP contribution in [0.2, 0.25) is 10.0 Å². The van der Waals surface area contributed by atoms with Crippen LogP contribution in [0.25, 0.3) is 6.08 Å². The van der Waals surface area contributed by atoms with Crippen LogP contribution in [0.5, 0.6) is 5.75 Å². The zero-order valence-corrected chi connectivity index (χ0v) is 16.7. The smallest absolute Gasteiger partial charge is 0.340 e. The highest BCUT2D eigenvalue weighted by molar-refractivity contribution is 8.26. The number of hydrogen-bond acceptors (Lipinski definition) is 6. The maximum atomic E-state index is 12.4. The van der Waals surface area contributed by atoms with Gasteiger partial charge in [-0.05, 0) is 42.0 Å². The van der Waals surface area contributed by atoms with E-state index in [0.29, 0.717) is 14.8 Å². The van der Waals surface area contributed by atoms with Crippen molar-refractivity contribution in [2.24, 2.45) is 0 Å². The summed E-state index contributed by atoms with van der Waals surface area (Å²) in [5.74, 6) is -0.166. The van der Waals surface area contributed by atoms with Crippen molar-refractivity contribution in [3.63, 3.8) is 0 Å². The van der Waals surface area contributed by atoms with E-state index in [1.165, 1.54) is 30.3 Å². The molecular formula is C16H9Cl2NO4S3. The van der Waals surface area contributed by atoms with E-state index in [2.05, 4.69) is 5.32 Å². The number of nitrogens with one attached hydrogen (secondary N) is 1. The molecule has 2 aromatic carbocycles. The number of carbonyl (C=O) groups is 1. The summed E-state index contributed by atoms with van der Waals surface area (Å²) in [6.07, 6.45) is 1.64. The Balaban J connectivity index is 1.81. The van der Waals surface area contributed by atoms with Crippen LogP contribution < -0.4 is 9.50 Å².